The van der Waals surface area contributed by atoms with Crippen molar-refractivity contribution in [1.29, 1.82) is 5.26 Å². The van der Waals surface area contributed by atoms with Crippen LogP contribution in [-0.2, 0) is 10.8 Å². The summed E-state index contributed by atoms with van der Waals surface area (Å²) < 4.78 is 11.1. The molecule has 0 amide bonds. The Bertz CT molecular complexity index is 464. The lowest BCUT2D eigenvalue weighted by Gasteiger charge is -2.06. The molecule has 0 aliphatic rings. The number of rotatable bonds is 3. The predicted octanol–water partition coefficient (Wildman–Crippen LogP) is 0.792. The zero-order valence-corrected chi connectivity index (χ0v) is 9.26. The van der Waals surface area contributed by atoms with E-state index in [9.17, 15) is 4.21 Å². The number of hydrogen-bond acceptors (Lipinski definition) is 5. The summed E-state index contributed by atoms with van der Waals surface area (Å²) in [6.07, 6.45) is 2.94. The zero-order valence-electron chi connectivity index (χ0n) is 8.44. The Morgan fingerprint density at radius 2 is 2.40 bits per heavy atom. The van der Waals surface area contributed by atoms with Gasteiger partial charge in [0.2, 0.25) is 5.16 Å². The zero-order chi connectivity index (χ0) is 11.4. The summed E-state index contributed by atoms with van der Waals surface area (Å²) in [5.41, 5.74) is 0.794. The maximum atomic E-state index is 11.1. The molecule has 6 heteroatoms. The average molecular weight is 222 g/mol. The van der Waals surface area contributed by atoms with Crippen LogP contribution in [0.25, 0.3) is 5.57 Å². The number of hydrogen-bond donors (Lipinski definition) is 1. The van der Waals surface area contributed by atoms with Gasteiger partial charge in [0.15, 0.2) is 0 Å². The van der Waals surface area contributed by atoms with Gasteiger partial charge in [0.25, 0.3) is 0 Å². The number of allylic oxidation sites excluding steroid dienone is 1. The summed E-state index contributed by atoms with van der Waals surface area (Å²) in [7, 11) is 0.426. The molecule has 1 aromatic heterocycles. The van der Waals surface area contributed by atoms with E-state index in [-0.39, 0.29) is 10.7 Å². The van der Waals surface area contributed by atoms with Gasteiger partial charge in [0.05, 0.1) is 28.0 Å². The maximum Gasteiger partial charge on any atom is 0.220 e. The number of anilines is 1. The third-order valence-corrected chi connectivity index (χ3v) is 2.43. The predicted molar refractivity (Wildman–Crippen MR) is 58.6 cm³/mol. The molecule has 5 nitrogen and oxygen atoms in total. The Kier molecular flexibility index (Phi) is 3.52. The van der Waals surface area contributed by atoms with Gasteiger partial charge in [-0.3, -0.25) is 4.21 Å². The molecule has 0 aromatic carbocycles. The SMILES string of the molecule is C=C(C#N)c1cnc(S(C)=O)nc1NC. The van der Waals surface area contributed by atoms with Crippen molar-refractivity contribution in [1.82, 2.24) is 9.97 Å². The van der Waals surface area contributed by atoms with E-state index < -0.39 is 10.8 Å². The maximum absolute atomic E-state index is 11.1. The topological polar surface area (TPSA) is 78.7 Å². The van der Waals surface area contributed by atoms with Gasteiger partial charge in [-0.05, 0) is 0 Å². The molecule has 0 aliphatic carbocycles. The van der Waals surface area contributed by atoms with Crippen molar-refractivity contribution in [3.63, 3.8) is 0 Å². The van der Waals surface area contributed by atoms with E-state index in [2.05, 4.69) is 21.9 Å². The van der Waals surface area contributed by atoms with Gasteiger partial charge >= 0.3 is 0 Å². The molecule has 1 atom stereocenters. The van der Waals surface area contributed by atoms with Gasteiger partial charge in [-0.1, -0.05) is 6.58 Å². The highest BCUT2D eigenvalue weighted by atomic mass is 32.2. The highest BCUT2D eigenvalue weighted by molar-refractivity contribution is 7.84. The Morgan fingerprint density at radius 3 is 2.87 bits per heavy atom. The number of nitriles is 1. The van der Waals surface area contributed by atoms with Gasteiger partial charge in [-0.15, -0.1) is 0 Å². The van der Waals surface area contributed by atoms with E-state index in [1.165, 1.54) is 12.5 Å². The Morgan fingerprint density at radius 1 is 1.73 bits per heavy atom. The van der Waals surface area contributed by atoms with Gasteiger partial charge in [-0.25, -0.2) is 9.97 Å². The first-order chi connectivity index (χ1) is 7.10. The molecule has 0 fully saturated rings. The molecule has 0 saturated heterocycles. The standard InChI is InChI=1S/C9H10N4OS/c1-6(4-10)7-5-12-9(15(3)14)13-8(7)11-2/h5H,1H2,2-3H3,(H,11,12,13). The number of aromatic nitrogens is 2. The third kappa shape index (κ3) is 2.39. The second kappa shape index (κ2) is 4.66. The van der Waals surface area contributed by atoms with Gasteiger partial charge in [-0.2, -0.15) is 5.26 Å². The van der Waals surface area contributed by atoms with Crippen LogP contribution < -0.4 is 5.32 Å². The molecule has 0 spiro atoms. The highest BCUT2D eigenvalue weighted by Crippen LogP contribution is 2.19. The van der Waals surface area contributed by atoms with Crippen LogP contribution in [0.15, 0.2) is 17.9 Å². The summed E-state index contributed by atoms with van der Waals surface area (Å²) in [6.45, 7) is 3.57. The van der Waals surface area contributed by atoms with E-state index >= 15 is 0 Å². The Hall–Kier alpha value is -1.74. The molecule has 15 heavy (non-hydrogen) atoms. The molecule has 1 heterocycles. The normalized spacial score (nSPS) is 11.5. The molecule has 1 N–H and O–H groups in total. The summed E-state index contributed by atoms with van der Waals surface area (Å²) in [5.74, 6) is 0.460. The van der Waals surface area contributed by atoms with E-state index in [1.54, 1.807) is 7.05 Å². The molecule has 78 valence electrons. The lowest BCUT2D eigenvalue weighted by Crippen LogP contribution is -2.04. The van der Waals surface area contributed by atoms with Crippen molar-refractivity contribution in [2.45, 2.75) is 5.16 Å². The van der Waals surface area contributed by atoms with Crippen molar-refractivity contribution in [2.75, 3.05) is 18.6 Å². The summed E-state index contributed by atoms with van der Waals surface area (Å²) in [6, 6.07) is 1.91. The fourth-order valence-electron chi connectivity index (χ4n) is 0.976. The number of nitrogens with zero attached hydrogens (tertiary/aromatic N) is 3. The molecule has 1 rings (SSSR count). The Labute approximate surface area is 90.3 Å². The highest BCUT2D eigenvalue weighted by Gasteiger charge is 2.10. The molecular formula is C9H10N4OS. The Balaban J connectivity index is 3.28. The van der Waals surface area contributed by atoms with Crippen molar-refractivity contribution in [3.05, 3.63) is 18.3 Å². The van der Waals surface area contributed by atoms with Gasteiger partial charge < -0.3 is 5.32 Å². The molecule has 0 aliphatic heterocycles. The van der Waals surface area contributed by atoms with Crippen LogP contribution in [0.1, 0.15) is 5.56 Å². The van der Waals surface area contributed by atoms with Crippen LogP contribution in [0.5, 0.6) is 0 Å². The lowest BCUT2D eigenvalue weighted by atomic mass is 10.1. The van der Waals surface area contributed by atoms with Crippen LogP contribution in [0.3, 0.4) is 0 Å². The lowest BCUT2D eigenvalue weighted by molar-refractivity contribution is 0.679. The van der Waals surface area contributed by atoms with Crippen LogP contribution in [0.4, 0.5) is 5.82 Å². The van der Waals surface area contributed by atoms with E-state index in [0.29, 0.717) is 11.4 Å². The van der Waals surface area contributed by atoms with E-state index in [1.807, 2.05) is 6.07 Å². The first-order valence-electron chi connectivity index (χ1n) is 4.07. The largest absolute Gasteiger partial charge is 0.372 e. The first kappa shape index (κ1) is 11.3. The molecule has 0 radical (unpaired) electrons. The quantitative estimate of drug-likeness (QED) is 0.604. The van der Waals surface area contributed by atoms with Crippen LogP contribution in [-0.4, -0.2) is 27.5 Å². The average Bonchev–Trinajstić information content (AvgIpc) is 2.27. The van der Waals surface area contributed by atoms with Crippen molar-refractivity contribution >= 4 is 22.2 Å². The van der Waals surface area contributed by atoms with Crippen molar-refractivity contribution < 1.29 is 4.21 Å². The van der Waals surface area contributed by atoms with Crippen LogP contribution >= 0.6 is 0 Å². The van der Waals surface area contributed by atoms with Gasteiger partial charge in [0, 0.05) is 19.5 Å². The molecule has 1 unspecified atom stereocenters. The van der Waals surface area contributed by atoms with Crippen LogP contribution in [0.2, 0.25) is 0 Å². The fourth-order valence-corrected chi connectivity index (χ4v) is 1.40. The van der Waals surface area contributed by atoms with E-state index in [0.717, 1.165) is 0 Å². The first-order valence-corrected chi connectivity index (χ1v) is 5.63. The minimum absolute atomic E-state index is 0.230. The van der Waals surface area contributed by atoms with E-state index in [4.69, 9.17) is 5.26 Å². The monoisotopic (exact) mass is 222 g/mol. The second-order valence-electron chi connectivity index (χ2n) is 2.71. The smallest absolute Gasteiger partial charge is 0.220 e. The van der Waals surface area contributed by atoms with Crippen molar-refractivity contribution in [3.8, 4) is 6.07 Å². The summed E-state index contributed by atoms with van der Waals surface area (Å²) in [4.78, 5) is 7.92. The fraction of sp³-hybridized carbons (Fsp3) is 0.222. The van der Waals surface area contributed by atoms with Gasteiger partial charge in [0.1, 0.15) is 5.82 Å². The van der Waals surface area contributed by atoms with Crippen molar-refractivity contribution in [2.24, 2.45) is 0 Å². The number of nitrogens with one attached hydrogen (secondary N) is 1. The van der Waals surface area contributed by atoms with Crippen LogP contribution in [0, 0.1) is 11.3 Å². The second-order valence-corrected chi connectivity index (χ2v) is 3.98. The molecule has 1 aromatic rings. The minimum atomic E-state index is -1.24. The molecule has 0 saturated carbocycles. The summed E-state index contributed by atoms with van der Waals surface area (Å²) in [5, 5.41) is 11.7. The molecular weight excluding hydrogens is 212 g/mol. The third-order valence-electron chi connectivity index (χ3n) is 1.72. The summed E-state index contributed by atoms with van der Waals surface area (Å²) >= 11 is 0. The molecule has 0 bridgehead atoms. The minimum Gasteiger partial charge on any atom is -0.372 e.